The maximum absolute atomic E-state index is 5.90. The molecule has 3 aromatic heterocycles. The largest absolute Gasteiger partial charge is 0.472 e. The highest BCUT2D eigenvalue weighted by Gasteiger charge is 2.19. The van der Waals surface area contributed by atoms with Crippen LogP contribution in [0.3, 0.4) is 0 Å². The molecule has 2 aliphatic rings. The molecule has 1 atom stereocenters. The molecule has 0 aliphatic carbocycles. The summed E-state index contributed by atoms with van der Waals surface area (Å²) in [7, 11) is 0. The Morgan fingerprint density at radius 3 is 2.93 bits per heavy atom. The first-order chi connectivity index (χ1) is 14.7. The lowest BCUT2D eigenvalue weighted by molar-refractivity contribution is 0.138. The van der Waals surface area contributed by atoms with E-state index in [1.54, 1.807) is 22.7 Å². The second-order valence-electron chi connectivity index (χ2n) is 7.15. The Kier molecular flexibility index (Phi) is 5.60. The van der Waals surface area contributed by atoms with Crippen molar-refractivity contribution in [1.29, 1.82) is 0 Å². The lowest BCUT2D eigenvalue weighted by Crippen LogP contribution is -2.35. The molecule has 0 bridgehead atoms. The van der Waals surface area contributed by atoms with Gasteiger partial charge in [-0.1, -0.05) is 0 Å². The molecular formula is C20H22N6O2S2. The molecule has 2 N–H and O–H groups in total. The number of pyridine rings is 1. The van der Waals surface area contributed by atoms with Crippen LogP contribution >= 0.6 is 22.7 Å². The molecule has 156 valence electrons. The van der Waals surface area contributed by atoms with Crippen LogP contribution in [0, 0.1) is 6.92 Å². The van der Waals surface area contributed by atoms with Crippen LogP contribution in [0.2, 0.25) is 0 Å². The predicted octanol–water partition coefficient (Wildman–Crippen LogP) is 3.57. The van der Waals surface area contributed by atoms with E-state index in [1.807, 2.05) is 23.0 Å². The lowest BCUT2D eigenvalue weighted by Gasteiger charge is -2.14. The van der Waals surface area contributed by atoms with Crippen LogP contribution in [0.15, 0.2) is 28.0 Å². The van der Waals surface area contributed by atoms with E-state index in [-0.39, 0.29) is 6.10 Å². The first-order valence-corrected chi connectivity index (χ1v) is 11.7. The van der Waals surface area contributed by atoms with Gasteiger partial charge in [-0.25, -0.2) is 15.0 Å². The van der Waals surface area contributed by atoms with E-state index in [0.29, 0.717) is 12.5 Å². The number of hydrogen-bond donors (Lipinski definition) is 2. The van der Waals surface area contributed by atoms with Gasteiger partial charge in [-0.3, -0.25) is 4.99 Å². The monoisotopic (exact) mass is 442 g/mol. The number of thiazole rings is 2. The summed E-state index contributed by atoms with van der Waals surface area (Å²) in [5.74, 6) is 1.42. The molecule has 2 aliphatic heterocycles. The Bertz CT molecular complexity index is 1060. The van der Waals surface area contributed by atoms with E-state index >= 15 is 0 Å². The fourth-order valence-electron chi connectivity index (χ4n) is 3.28. The Balaban J connectivity index is 1.30. The zero-order valence-electron chi connectivity index (χ0n) is 16.6. The van der Waals surface area contributed by atoms with Crippen LogP contribution in [-0.4, -0.2) is 53.3 Å². The molecule has 0 saturated carbocycles. The smallest absolute Gasteiger partial charge is 0.213 e. The van der Waals surface area contributed by atoms with Crippen LogP contribution in [-0.2, 0) is 4.74 Å². The number of rotatable bonds is 5. The van der Waals surface area contributed by atoms with Crippen molar-refractivity contribution >= 4 is 33.8 Å². The molecule has 1 saturated heterocycles. The Labute approximate surface area is 182 Å². The van der Waals surface area contributed by atoms with Crippen molar-refractivity contribution in [3.8, 4) is 27.8 Å². The topological polar surface area (TPSA) is 93.5 Å². The molecule has 10 heteroatoms. The van der Waals surface area contributed by atoms with Crippen LogP contribution in [0.4, 0.5) is 5.13 Å². The third-order valence-corrected chi connectivity index (χ3v) is 6.52. The van der Waals surface area contributed by atoms with Gasteiger partial charge in [0.1, 0.15) is 22.5 Å². The first kappa shape index (κ1) is 19.4. The van der Waals surface area contributed by atoms with Gasteiger partial charge in [0.25, 0.3) is 0 Å². The number of guanidine groups is 1. The van der Waals surface area contributed by atoms with Crippen molar-refractivity contribution in [2.75, 3.05) is 31.6 Å². The van der Waals surface area contributed by atoms with Crippen molar-refractivity contribution in [2.24, 2.45) is 4.99 Å². The number of aromatic nitrogens is 3. The number of anilines is 1. The maximum Gasteiger partial charge on any atom is 0.213 e. The van der Waals surface area contributed by atoms with E-state index in [4.69, 9.17) is 14.5 Å². The predicted molar refractivity (Wildman–Crippen MR) is 120 cm³/mol. The summed E-state index contributed by atoms with van der Waals surface area (Å²) < 4.78 is 11.3. The minimum absolute atomic E-state index is 0.0939. The molecular weight excluding hydrogens is 420 g/mol. The average molecular weight is 443 g/mol. The van der Waals surface area contributed by atoms with Gasteiger partial charge >= 0.3 is 0 Å². The maximum atomic E-state index is 5.90. The highest BCUT2D eigenvalue weighted by Crippen LogP contribution is 2.33. The molecule has 0 spiro atoms. The van der Waals surface area contributed by atoms with Crippen molar-refractivity contribution in [1.82, 2.24) is 20.3 Å². The van der Waals surface area contributed by atoms with Crippen LogP contribution in [0.5, 0.6) is 5.88 Å². The number of aryl methyl sites for hydroxylation is 1. The minimum Gasteiger partial charge on any atom is -0.472 e. The molecule has 0 aromatic carbocycles. The minimum atomic E-state index is 0.0939. The second kappa shape index (κ2) is 8.66. The second-order valence-corrected chi connectivity index (χ2v) is 8.87. The Morgan fingerprint density at radius 1 is 1.23 bits per heavy atom. The first-order valence-electron chi connectivity index (χ1n) is 9.93. The Hall–Kier alpha value is -2.56. The number of nitrogens with zero attached hydrogens (tertiary/aromatic N) is 4. The summed E-state index contributed by atoms with van der Waals surface area (Å²) >= 11 is 3.14. The fourth-order valence-corrected chi connectivity index (χ4v) is 4.87. The number of ether oxygens (including phenoxy) is 2. The fraction of sp³-hybridized carbons (Fsp3) is 0.400. The molecule has 5 heterocycles. The average Bonchev–Trinajstić information content (AvgIpc) is 3.51. The molecule has 8 nitrogen and oxygen atoms in total. The molecule has 30 heavy (non-hydrogen) atoms. The third kappa shape index (κ3) is 4.30. The molecule has 1 fully saturated rings. The van der Waals surface area contributed by atoms with Gasteiger partial charge in [0.15, 0.2) is 11.1 Å². The van der Waals surface area contributed by atoms with Gasteiger partial charge in [0.2, 0.25) is 5.88 Å². The lowest BCUT2D eigenvalue weighted by atomic mass is 10.1. The van der Waals surface area contributed by atoms with Crippen LogP contribution < -0.4 is 15.4 Å². The van der Waals surface area contributed by atoms with E-state index in [1.165, 1.54) is 0 Å². The van der Waals surface area contributed by atoms with Gasteiger partial charge in [0.05, 0.1) is 13.2 Å². The number of nitrogens with one attached hydrogen (secondary N) is 2. The Morgan fingerprint density at radius 2 is 2.13 bits per heavy atom. The van der Waals surface area contributed by atoms with Gasteiger partial charge in [-0.2, -0.15) is 0 Å². The molecule has 3 aromatic rings. The van der Waals surface area contributed by atoms with Crippen molar-refractivity contribution < 1.29 is 9.47 Å². The van der Waals surface area contributed by atoms with Crippen LogP contribution in [0.1, 0.15) is 18.4 Å². The number of aliphatic imine (C=N–C) groups is 1. The highest BCUT2D eigenvalue weighted by atomic mass is 32.1. The van der Waals surface area contributed by atoms with E-state index in [0.717, 1.165) is 71.2 Å². The summed E-state index contributed by atoms with van der Waals surface area (Å²) in [6.07, 6.45) is 3.90. The summed E-state index contributed by atoms with van der Waals surface area (Å²) in [6, 6.07) is 1.97. The summed E-state index contributed by atoms with van der Waals surface area (Å²) in [5.41, 5.74) is 3.81. The van der Waals surface area contributed by atoms with Crippen molar-refractivity contribution in [2.45, 2.75) is 25.9 Å². The van der Waals surface area contributed by atoms with Gasteiger partial charge < -0.3 is 20.1 Å². The zero-order valence-corrected chi connectivity index (χ0v) is 18.2. The zero-order chi connectivity index (χ0) is 20.3. The van der Waals surface area contributed by atoms with E-state index in [2.05, 4.69) is 32.5 Å². The van der Waals surface area contributed by atoms with Gasteiger partial charge in [0, 0.05) is 48.1 Å². The standard InChI is InChI=1S/C20H22N6O2S2/c1-12-7-17(28-13-3-6-27-9-13)23-8-14(12)18-24-15(10-29-18)16-11-30-20(25-16)26-19-21-4-2-5-22-19/h7-8,10-11,13H,2-6,9H2,1H3,(H2,21,22,25,26)/t13-/m0/s1. The molecule has 0 unspecified atom stereocenters. The van der Waals surface area contributed by atoms with Crippen LogP contribution in [0.25, 0.3) is 22.0 Å². The normalized spacial score (nSPS) is 18.7. The van der Waals surface area contributed by atoms with E-state index < -0.39 is 0 Å². The molecule has 5 rings (SSSR count). The van der Waals surface area contributed by atoms with Gasteiger partial charge in [-0.05, 0) is 18.9 Å². The quantitative estimate of drug-likeness (QED) is 0.624. The SMILES string of the molecule is Cc1cc(O[C@H]2CCOC2)ncc1-c1nc(-c2csc(NC3=NCCCN3)n2)cs1. The summed E-state index contributed by atoms with van der Waals surface area (Å²) in [5, 5.41) is 12.3. The molecule has 0 radical (unpaired) electrons. The highest BCUT2D eigenvalue weighted by molar-refractivity contribution is 7.14. The number of hydrogen-bond acceptors (Lipinski definition) is 10. The van der Waals surface area contributed by atoms with Crippen molar-refractivity contribution in [3.05, 3.63) is 28.6 Å². The van der Waals surface area contributed by atoms with Crippen molar-refractivity contribution in [3.63, 3.8) is 0 Å². The summed E-state index contributed by atoms with van der Waals surface area (Å²) in [6.45, 7) is 5.22. The molecule has 0 amide bonds. The summed E-state index contributed by atoms with van der Waals surface area (Å²) in [4.78, 5) is 18.4. The van der Waals surface area contributed by atoms with Gasteiger partial charge in [-0.15, -0.1) is 22.7 Å². The third-order valence-electron chi connectivity index (χ3n) is 4.88. The van der Waals surface area contributed by atoms with E-state index in [9.17, 15) is 0 Å².